The number of esters is 1. The van der Waals surface area contributed by atoms with E-state index in [1.807, 2.05) is 0 Å². The minimum atomic E-state index is -0.914. The van der Waals surface area contributed by atoms with Crippen LogP contribution in [0.3, 0.4) is 0 Å². The molecule has 2 atom stereocenters. The smallest absolute Gasteiger partial charge is 0.338 e. The number of hydrogen-bond donors (Lipinski definition) is 2. The van der Waals surface area contributed by atoms with Crippen molar-refractivity contribution in [3.8, 4) is 0 Å². The van der Waals surface area contributed by atoms with E-state index in [4.69, 9.17) is 4.74 Å². The van der Waals surface area contributed by atoms with Crippen LogP contribution >= 0.6 is 0 Å². The number of hydrogen-bond acceptors (Lipinski definition) is 4. The van der Waals surface area contributed by atoms with Gasteiger partial charge in [0.2, 0.25) is 5.91 Å². The van der Waals surface area contributed by atoms with Crippen LogP contribution in [0.15, 0.2) is 24.3 Å². The monoisotopic (exact) mass is 319 g/mol. The first-order valence-corrected chi connectivity index (χ1v) is 7.83. The highest BCUT2D eigenvalue weighted by Gasteiger charge is 2.35. The van der Waals surface area contributed by atoms with Gasteiger partial charge < -0.3 is 15.2 Å². The Hall–Kier alpha value is -2.37. The minimum absolute atomic E-state index is 0.277. The van der Waals surface area contributed by atoms with Gasteiger partial charge in [0, 0.05) is 5.69 Å². The lowest BCUT2D eigenvalue weighted by Gasteiger charge is -2.27. The van der Waals surface area contributed by atoms with E-state index in [0.29, 0.717) is 30.7 Å². The number of carboxylic acids is 1. The molecule has 1 saturated carbocycles. The van der Waals surface area contributed by atoms with Gasteiger partial charge in [-0.3, -0.25) is 9.59 Å². The average Bonchev–Trinajstić information content (AvgIpc) is 2.55. The molecule has 1 aliphatic carbocycles. The van der Waals surface area contributed by atoms with Gasteiger partial charge in [-0.05, 0) is 44.0 Å². The van der Waals surface area contributed by atoms with Crippen molar-refractivity contribution >= 4 is 23.5 Å². The van der Waals surface area contributed by atoms with Crippen molar-refractivity contribution in [2.24, 2.45) is 11.8 Å². The maximum Gasteiger partial charge on any atom is 0.338 e. The molecule has 0 aromatic heterocycles. The fourth-order valence-electron chi connectivity index (χ4n) is 2.88. The molecule has 1 aromatic rings. The summed E-state index contributed by atoms with van der Waals surface area (Å²) in [5.41, 5.74) is 0.948. The summed E-state index contributed by atoms with van der Waals surface area (Å²) in [5, 5.41) is 12.0. The number of anilines is 1. The lowest BCUT2D eigenvalue weighted by molar-refractivity contribution is -0.147. The van der Waals surface area contributed by atoms with E-state index < -0.39 is 23.8 Å². The highest BCUT2D eigenvalue weighted by Crippen LogP contribution is 2.31. The van der Waals surface area contributed by atoms with E-state index in [9.17, 15) is 19.5 Å². The Bertz CT molecular complexity index is 581. The predicted octanol–water partition coefficient (Wildman–Crippen LogP) is 2.69. The summed E-state index contributed by atoms with van der Waals surface area (Å²) in [6, 6.07) is 6.37. The van der Waals surface area contributed by atoms with Crippen LogP contribution in [0.4, 0.5) is 5.69 Å². The highest BCUT2D eigenvalue weighted by atomic mass is 16.5. The SMILES string of the molecule is CCOC(=O)c1ccc(NC(=O)C2CCCCC2C(=O)O)cc1. The Labute approximate surface area is 134 Å². The van der Waals surface area contributed by atoms with Crippen molar-refractivity contribution in [2.45, 2.75) is 32.6 Å². The van der Waals surface area contributed by atoms with E-state index in [1.54, 1.807) is 31.2 Å². The number of nitrogens with one attached hydrogen (secondary N) is 1. The molecule has 1 aromatic carbocycles. The van der Waals surface area contributed by atoms with Crippen LogP contribution in [0.2, 0.25) is 0 Å². The summed E-state index contributed by atoms with van der Waals surface area (Å²) < 4.78 is 4.89. The Morgan fingerprint density at radius 1 is 1.13 bits per heavy atom. The number of benzene rings is 1. The number of amides is 1. The van der Waals surface area contributed by atoms with Gasteiger partial charge in [0.15, 0.2) is 0 Å². The van der Waals surface area contributed by atoms with Crippen LogP contribution in [0.25, 0.3) is 0 Å². The van der Waals surface area contributed by atoms with Gasteiger partial charge in [0.05, 0.1) is 24.0 Å². The molecule has 2 unspecified atom stereocenters. The third-order valence-electron chi connectivity index (χ3n) is 4.08. The topological polar surface area (TPSA) is 92.7 Å². The molecule has 0 saturated heterocycles. The van der Waals surface area contributed by atoms with E-state index in [2.05, 4.69) is 5.32 Å². The molecule has 0 aliphatic heterocycles. The van der Waals surface area contributed by atoms with Gasteiger partial charge in [-0.1, -0.05) is 12.8 Å². The molecule has 0 radical (unpaired) electrons. The summed E-state index contributed by atoms with van der Waals surface area (Å²) in [5.74, 6) is -2.74. The van der Waals surface area contributed by atoms with E-state index >= 15 is 0 Å². The normalized spacial score (nSPS) is 20.6. The summed E-state index contributed by atoms with van der Waals surface area (Å²) in [7, 11) is 0. The minimum Gasteiger partial charge on any atom is -0.481 e. The lowest BCUT2D eigenvalue weighted by Crippen LogP contribution is -2.36. The van der Waals surface area contributed by atoms with Crippen LogP contribution in [0.1, 0.15) is 43.0 Å². The highest BCUT2D eigenvalue weighted by molar-refractivity contribution is 5.96. The standard InChI is InChI=1S/C17H21NO5/c1-2-23-17(22)11-7-9-12(10-8-11)18-15(19)13-5-3-4-6-14(13)16(20)21/h7-10,13-14H,2-6H2,1H3,(H,18,19)(H,20,21). The number of carbonyl (C=O) groups excluding carboxylic acids is 2. The van der Waals surface area contributed by atoms with Gasteiger partial charge in [0.25, 0.3) is 0 Å². The quantitative estimate of drug-likeness (QED) is 0.814. The molecule has 2 rings (SSSR count). The Morgan fingerprint density at radius 3 is 2.30 bits per heavy atom. The zero-order chi connectivity index (χ0) is 16.8. The number of ether oxygens (including phenoxy) is 1. The Balaban J connectivity index is 2.02. The Kier molecular flexibility index (Phi) is 5.73. The van der Waals surface area contributed by atoms with Gasteiger partial charge in [-0.2, -0.15) is 0 Å². The van der Waals surface area contributed by atoms with Crippen molar-refractivity contribution in [1.82, 2.24) is 0 Å². The van der Waals surface area contributed by atoms with Gasteiger partial charge in [0.1, 0.15) is 0 Å². The van der Waals surface area contributed by atoms with Crippen molar-refractivity contribution in [3.63, 3.8) is 0 Å². The first kappa shape index (κ1) is 17.0. The number of carbonyl (C=O) groups is 3. The van der Waals surface area contributed by atoms with Crippen molar-refractivity contribution in [2.75, 3.05) is 11.9 Å². The van der Waals surface area contributed by atoms with Crippen LogP contribution in [-0.2, 0) is 14.3 Å². The average molecular weight is 319 g/mol. The van der Waals surface area contributed by atoms with Crippen LogP contribution in [-0.4, -0.2) is 29.6 Å². The zero-order valence-corrected chi connectivity index (χ0v) is 13.1. The molecule has 1 fully saturated rings. The van der Waals surface area contributed by atoms with Crippen LogP contribution in [0, 0.1) is 11.8 Å². The maximum atomic E-state index is 12.3. The first-order chi connectivity index (χ1) is 11.0. The summed E-state index contributed by atoms with van der Waals surface area (Å²) in [6.07, 6.45) is 2.83. The fourth-order valence-corrected chi connectivity index (χ4v) is 2.88. The second kappa shape index (κ2) is 7.76. The predicted molar refractivity (Wildman–Crippen MR) is 84.1 cm³/mol. The van der Waals surface area contributed by atoms with E-state index in [0.717, 1.165) is 12.8 Å². The molecule has 1 aliphatic rings. The van der Waals surface area contributed by atoms with Crippen molar-refractivity contribution in [3.05, 3.63) is 29.8 Å². The summed E-state index contributed by atoms with van der Waals surface area (Å²) >= 11 is 0. The third-order valence-corrected chi connectivity index (χ3v) is 4.08. The molecule has 124 valence electrons. The fraction of sp³-hybridized carbons (Fsp3) is 0.471. The number of rotatable bonds is 5. The molecule has 6 heteroatoms. The number of aliphatic carboxylic acids is 1. The third kappa shape index (κ3) is 4.31. The van der Waals surface area contributed by atoms with Crippen molar-refractivity contribution in [1.29, 1.82) is 0 Å². The maximum absolute atomic E-state index is 12.3. The molecular formula is C17H21NO5. The first-order valence-electron chi connectivity index (χ1n) is 7.83. The van der Waals surface area contributed by atoms with Gasteiger partial charge in [-0.25, -0.2) is 4.79 Å². The molecule has 0 spiro atoms. The molecule has 0 heterocycles. The summed E-state index contributed by atoms with van der Waals surface area (Å²) in [4.78, 5) is 35.2. The number of carboxylic acid groups (broad SMARTS) is 1. The second-order valence-corrected chi connectivity index (χ2v) is 5.62. The van der Waals surface area contributed by atoms with E-state index in [-0.39, 0.29) is 5.91 Å². The van der Waals surface area contributed by atoms with E-state index in [1.165, 1.54) is 0 Å². The van der Waals surface area contributed by atoms with Gasteiger partial charge in [-0.15, -0.1) is 0 Å². The molecule has 6 nitrogen and oxygen atoms in total. The second-order valence-electron chi connectivity index (χ2n) is 5.62. The van der Waals surface area contributed by atoms with Gasteiger partial charge >= 0.3 is 11.9 Å². The lowest BCUT2D eigenvalue weighted by atomic mass is 9.78. The van der Waals surface area contributed by atoms with Crippen LogP contribution < -0.4 is 5.32 Å². The molecule has 2 N–H and O–H groups in total. The molecule has 23 heavy (non-hydrogen) atoms. The molecule has 0 bridgehead atoms. The molecular weight excluding hydrogens is 298 g/mol. The summed E-state index contributed by atoms with van der Waals surface area (Å²) in [6.45, 7) is 2.03. The van der Waals surface area contributed by atoms with Crippen LogP contribution in [0.5, 0.6) is 0 Å². The molecule has 1 amide bonds. The Morgan fingerprint density at radius 2 is 1.74 bits per heavy atom. The zero-order valence-electron chi connectivity index (χ0n) is 13.1. The van der Waals surface area contributed by atoms with Crippen molar-refractivity contribution < 1.29 is 24.2 Å². The largest absolute Gasteiger partial charge is 0.481 e.